The summed E-state index contributed by atoms with van der Waals surface area (Å²) in [6.07, 6.45) is 4.23. The molecule has 1 amide bonds. The van der Waals surface area contributed by atoms with Gasteiger partial charge in [-0.25, -0.2) is 4.98 Å². The molecule has 0 aliphatic carbocycles. The van der Waals surface area contributed by atoms with E-state index in [0.717, 1.165) is 30.9 Å². The van der Waals surface area contributed by atoms with Crippen molar-refractivity contribution < 1.29 is 4.79 Å². The summed E-state index contributed by atoms with van der Waals surface area (Å²) in [6, 6.07) is 14.6. The third-order valence-electron chi connectivity index (χ3n) is 3.90. The van der Waals surface area contributed by atoms with Gasteiger partial charge >= 0.3 is 0 Å². The summed E-state index contributed by atoms with van der Waals surface area (Å²) in [5.74, 6) is 0.969. The number of benzene rings is 1. The molecule has 2 rings (SSSR count). The summed E-state index contributed by atoms with van der Waals surface area (Å²) in [5.41, 5.74) is 2.01. The van der Waals surface area contributed by atoms with Crippen LogP contribution in [-0.2, 0) is 11.3 Å². The van der Waals surface area contributed by atoms with Crippen molar-refractivity contribution in [3.8, 4) is 0 Å². The van der Waals surface area contributed by atoms with Crippen LogP contribution in [0.5, 0.6) is 0 Å². The van der Waals surface area contributed by atoms with Gasteiger partial charge in [-0.1, -0.05) is 43.7 Å². The van der Waals surface area contributed by atoms with E-state index in [0.29, 0.717) is 12.5 Å². The number of hydrogen-bond acceptors (Lipinski definition) is 3. The molecule has 24 heavy (non-hydrogen) atoms. The zero-order chi connectivity index (χ0) is 17.4. The second-order valence-electron chi connectivity index (χ2n) is 6.26. The Morgan fingerprint density at radius 2 is 1.92 bits per heavy atom. The molecule has 1 aromatic heterocycles. The number of nitrogens with zero attached hydrogens (tertiary/aromatic N) is 2. The van der Waals surface area contributed by atoms with Gasteiger partial charge in [0.05, 0.1) is 11.9 Å². The van der Waals surface area contributed by atoms with E-state index in [1.165, 1.54) is 5.56 Å². The first-order chi connectivity index (χ1) is 11.6. The van der Waals surface area contributed by atoms with Crippen molar-refractivity contribution in [1.29, 1.82) is 0 Å². The van der Waals surface area contributed by atoms with Crippen molar-refractivity contribution >= 4 is 17.4 Å². The lowest BCUT2D eigenvalue weighted by atomic mass is 10.2. The molecule has 0 fully saturated rings. The Morgan fingerprint density at radius 1 is 1.17 bits per heavy atom. The minimum absolute atomic E-state index is 0.0522. The van der Waals surface area contributed by atoms with Gasteiger partial charge in [0.25, 0.3) is 0 Å². The number of amides is 1. The number of hydrogen-bond donors (Lipinski definition) is 1. The smallest absolute Gasteiger partial charge is 0.224 e. The molecule has 0 atom stereocenters. The molecule has 1 N–H and O–H groups in total. The van der Waals surface area contributed by atoms with Crippen LogP contribution in [-0.4, -0.2) is 16.9 Å². The number of pyridine rings is 1. The highest BCUT2D eigenvalue weighted by Crippen LogP contribution is 2.19. The van der Waals surface area contributed by atoms with E-state index in [9.17, 15) is 4.79 Å². The van der Waals surface area contributed by atoms with Gasteiger partial charge in [-0.15, -0.1) is 0 Å². The van der Waals surface area contributed by atoms with Gasteiger partial charge in [0.2, 0.25) is 5.91 Å². The maximum Gasteiger partial charge on any atom is 0.224 e. The SMILES string of the molecule is CCCCC(=O)Nc1ccc(N(Cc2ccccc2)C(C)C)nc1. The number of nitrogens with one attached hydrogen (secondary N) is 1. The molecule has 128 valence electrons. The Bertz CT molecular complexity index is 623. The molecule has 1 heterocycles. The lowest BCUT2D eigenvalue weighted by Gasteiger charge is -2.28. The molecule has 0 spiro atoms. The van der Waals surface area contributed by atoms with E-state index in [1.54, 1.807) is 6.20 Å². The molecular formula is C20H27N3O. The molecule has 4 nitrogen and oxygen atoms in total. The maximum absolute atomic E-state index is 11.8. The highest BCUT2D eigenvalue weighted by molar-refractivity contribution is 5.90. The van der Waals surface area contributed by atoms with Crippen LogP contribution in [0.15, 0.2) is 48.7 Å². The Hall–Kier alpha value is -2.36. The van der Waals surface area contributed by atoms with Crippen LogP contribution < -0.4 is 10.2 Å². The van der Waals surface area contributed by atoms with Crippen LogP contribution in [0.2, 0.25) is 0 Å². The van der Waals surface area contributed by atoms with Gasteiger partial charge in [-0.05, 0) is 38.0 Å². The van der Waals surface area contributed by atoms with E-state index in [-0.39, 0.29) is 5.91 Å². The van der Waals surface area contributed by atoms with Crippen molar-refractivity contribution in [2.45, 2.75) is 52.6 Å². The Morgan fingerprint density at radius 3 is 2.50 bits per heavy atom. The van der Waals surface area contributed by atoms with Crippen LogP contribution in [0.3, 0.4) is 0 Å². The van der Waals surface area contributed by atoms with E-state index in [2.05, 4.69) is 60.2 Å². The number of rotatable bonds is 8. The van der Waals surface area contributed by atoms with Crippen molar-refractivity contribution in [3.63, 3.8) is 0 Å². The first kappa shape index (κ1) is 18.0. The predicted molar refractivity (Wildman–Crippen MR) is 100 cm³/mol. The third kappa shape index (κ3) is 5.37. The first-order valence-electron chi connectivity index (χ1n) is 8.66. The molecule has 2 aromatic rings. The summed E-state index contributed by atoms with van der Waals surface area (Å²) in [4.78, 5) is 18.6. The number of anilines is 2. The fourth-order valence-corrected chi connectivity index (χ4v) is 2.50. The molecule has 0 aliphatic heterocycles. The Kier molecular flexibility index (Phi) is 6.79. The summed E-state index contributed by atoms with van der Waals surface area (Å²) in [5, 5.41) is 2.90. The predicted octanol–water partition coefficient (Wildman–Crippen LogP) is 4.63. The van der Waals surface area contributed by atoms with Crippen molar-refractivity contribution in [1.82, 2.24) is 4.98 Å². The second-order valence-corrected chi connectivity index (χ2v) is 6.26. The van der Waals surface area contributed by atoms with Crippen LogP contribution in [0, 0.1) is 0 Å². The second kappa shape index (κ2) is 9.06. The molecule has 0 bridgehead atoms. The maximum atomic E-state index is 11.8. The Labute approximate surface area is 144 Å². The van der Waals surface area contributed by atoms with Crippen molar-refractivity contribution in [2.24, 2.45) is 0 Å². The first-order valence-corrected chi connectivity index (χ1v) is 8.66. The molecule has 4 heteroatoms. The molecular weight excluding hydrogens is 298 g/mol. The van der Waals surface area contributed by atoms with Gasteiger partial charge in [0, 0.05) is 19.0 Å². The number of carbonyl (C=O) groups is 1. The normalized spacial score (nSPS) is 10.7. The van der Waals surface area contributed by atoms with E-state index >= 15 is 0 Å². The highest BCUT2D eigenvalue weighted by atomic mass is 16.1. The molecule has 0 saturated heterocycles. The number of carbonyl (C=O) groups excluding carboxylic acids is 1. The van der Waals surface area contributed by atoms with Crippen LogP contribution in [0.4, 0.5) is 11.5 Å². The molecule has 1 aromatic carbocycles. The van der Waals surface area contributed by atoms with E-state index in [4.69, 9.17) is 0 Å². The lowest BCUT2D eigenvalue weighted by Crippen LogP contribution is -2.30. The van der Waals surface area contributed by atoms with Gasteiger partial charge in [-0.3, -0.25) is 4.79 Å². The van der Waals surface area contributed by atoms with E-state index < -0.39 is 0 Å². The average molecular weight is 325 g/mol. The highest BCUT2D eigenvalue weighted by Gasteiger charge is 2.13. The average Bonchev–Trinajstić information content (AvgIpc) is 2.59. The van der Waals surface area contributed by atoms with E-state index in [1.807, 2.05) is 18.2 Å². The topological polar surface area (TPSA) is 45.2 Å². The summed E-state index contributed by atoms with van der Waals surface area (Å²) in [6.45, 7) is 7.21. The summed E-state index contributed by atoms with van der Waals surface area (Å²) in [7, 11) is 0. The monoisotopic (exact) mass is 325 g/mol. The number of aromatic nitrogens is 1. The summed E-state index contributed by atoms with van der Waals surface area (Å²) < 4.78 is 0. The van der Waals surface area contributed by atoms with Gasteiger partial charge in [0.15, 0.2) is 0 Å². The quantitative estimate of drug-likeness (QED) is 0.770. The van der Waals surface area contributed by atoms with Crippen molar-refractivity contribution in [3.05, 3.63) is 54.2 Å². The van der Waals surface area contributed by atoms with Crippen molar-refractivity contribution in [2.75, 3.05) is 10.2 Å². The molecule has 0 unspecified atom stereocenters. The lowest BCUT2D eigenvalue weighted by molar-refractivity contribution is -0.116. The third-order valence-corrected chi connectivity index (χ3v) is 3.90. The molecule has 0 radical (unpaired) electrons. The minimum Gasteiger partial charge on any atom is -0.350 e. The van der Waals surface area contributed by atoms with Gasteiger partial charge in [-0.2, -0.15) is 0 Å². The van der Waals surface area contributed by atoms with Gasteiger partial charge in [0.1, 0.15) is 5.82 Å². The number of unbranched alkanes of at least 4 members (excludes halogenated alkanes) is 1. The standard InChI is InChI=1S/C20H27N3O/c1-4-5-11-20(24)22-18-12-13-19(21-14-18)23(16(2)3)15-17-9-7-6-8-10-17/h6-10,12-14,16H,4-5,11,15H2,1-3H3,(H,22,24). The van der Waals surface area contributed by atoms with Crippen LogP contribution in [0.25, 0.3) is 0 Å². The van der Waals surface area contributed by atoms with Gasteiger partial charge < -0.3 is 10.2 Å². The van der Waals surface area contributed by atoms with Crippen LogP contribution in [0.1, 0.15) is 45.6 Å². The zero-order valence-electron chi connectivity index (χ0n) is 14.8. The Balaban J connectivity index is 2.04. The minimum atomic E-state index is 0.0522. The molecule has 0 aliphatic rings. The fraction of sp³-hybridized carbons (Fsp3) is 0.400. The zero-order valence-corrected chi connectivity index (χ0v) is 14.8. The van der Waals surface area contributed by atoms with Crippen LogP contribution >= 0.6 is 0 Å². The summed E-state index contributed by atoms with van der Waals surface area (Å²) >= 11 is 0. The largest absolute Gasteiger partial charge is 0.350 e. The molecule has 0 saturated carbocycles. The fourth-order valence-electron chi connectivity index (χ4n) is 2.50.